The van der Waals surface area contributed by atoms with E-state index >= 15 is 0 Å². The molecule has 0 spiro atoms. The molecule has 0 aromatic carbocycles. The number of esters is 1. The maximum absolute atomic E-state index is 14.2. The standard InChI is InChI=1S/C17H24F8O2/c1-3-7-11(2)27-13(26)14(8-5-4-6-9-14)10-15(20,21)17(24,25)16(22,23)12(18)19/h11-12H,3-10H2,1-2H3. The molecule has 160 valence electrons. The Kier molecular flexibility index (Phi) is 7.55. The number of carbonyl (C=O) groups excluding carboxylic acids is 1. The Balaban J connectivity index is 3.16. The van der Waals surface area contributed by atoms with Gasteiger partial charge in [0.05, 0.1) is 11.5 Å². The highest BCUT2D eigenvalue weighted by Gasteiger charge is 2.76. The van der Waals surface area contributed by atoms with E-state index in [0.29, 0.717) is 19.3 Å². The van der Waals surface area contributed by atoms with Gasteiger partial charge in [-0.25, -0.2) is 8.78 Å². The Morgan fingerprint density at radius 2 is 1.56 bits per heavy atom. The fraction of sp³-hybridized carbons (Fsp3) is 0.941. The summed E-state index contributed by atoms with van der Waals surface area (Å²) in [5.41, 5.74) is -2.11. The summed E-state index contributed by atoms with van der Waals surface area (Å²) in [6, 6.07) is 0. The summed E-state index contributed by atoms with van der Waals surface area (Å²) < 4.78 is 112. The first kappa shape index (κ1) is 23.9. The van der Waals surface area contributed by atoms with Crippen molar-refractivity contribution in [3.63, 3.8) is 0 Å². The van der Waals surface area contributed by atoms with Crippen LogP contribution in [0.2, 0.25) is 0 Å². The third-order valence-electron chi connectivity index (χ3n) is 4.96. The van der Waals surface area contributed by atoms with Gasteiger partial charge in [-0.1, -0.05) is 32.6 Å². The van der Waals surface area contributed by atoms with Crippen LogP contribution in [-0.4, -0.2) is 36.3 Å². The van der Waals surface area contributed by atoms with Crippen LogP contribution in [-0.2, 0) is 9.53 Å². The van der Waals surface area contributed by atoms with Crippen LogP contribution in [0, 0.1) is 5.41 Å². The minimum absolute atomic E-state index is 0.240. The first-order chi connectivity index (χ1) is 12.2. The quantitative estimate of drug-likeness (QED) is 0.332. The van der Waals surface area contributed by atoms with Crippen LogP contribution in [0.3, 0.4) is 0 Å². The zero-order chi connectivity index (χ0) is 21.1. The number of hydrogen-bond acceptors (Lipinski definition) is 2. The number of rotatable bonds is 9. The van der Waals surface area contributed by atoms with E-state index in [1.54, 1.807) is 6.92 Å². The molecule has 0 aromatic heterocycles. The van der Waals surface area contributed by atoms with E-state index in [1.807, 2.05) is 0 Å². The largest absolute Gasteiger partial charge is 0.462 e. The van der Waals surface area contributed by atoms with E-state index in [-0.39, 0.29) is 25.7 Å². The number of ether oxygens (including phenoxy) is 1. The average Bonchev–Trinajstić information content (AvgIpc) is 2.54. The summed E-state index contributed by atoms with van der Waals surface area (Å²) >= 11 is 0. The Morgan fingerprint density at radius 3 is 2.00 bits per heavy atom. The van der Waals surface area contributed by atoms with Crippen molar-refractivity contribution in [3.8, 4) is 0 Å². The molecular formula is C17H24F8O2. The van der Waals surface area contributed by atoms with Crippen molar-refractivity contribution in [2.45, 2.75) is 95.5 Å². The van der Waals surface area contributed by atoms with Crippen molar-refractivity contribution in [2.24, 2.45) is 5.41 Å². The van der Waals surface area contributed by atoms with E-state index in [4.69, 9.17) is 4.74 Å². The van der Waals surface area contributed by atoms with E-state index in [9.17, 15) is 39.9 Å². The van der Waals surface area contributed by atoms with Crippen molar-refractivity contribution in [3.05, 3.63) is 0 Å². The number of hydrogen-bond donors (Lipinski definition) is 0. The summed E-state index contributed by atoms with van der Waals surface area (Å²) in [7, 11) is 0. The summed E-state index contributed by atoms with van der Waals surface area (Å²) in [5, 5.41) is 0. The zero-order valence-electron chi connectivity index (χ0n) is 15.2. The summed E-state index contributed by atoms with van der Waals surface area (Å²) in [4.78, 5) is 12.5. The van der Waals surface area contributed by atoms with Crippen molar-refractivity contribution >= 4 is 5.97 Å². The van der Waals surface area contributed by atoms with Crippen LogP contribution in [0.15, 0.2) is 0 Å². The minimum atomic E-state index is -6.31. The third kappa shape index (κ3) is 4.85. The van der Waals surface area contributed by atoms with Gasteiger partial charge in [-0.05, 0) is 26.2 Å². The average molecular weight is 412 g/mol. The lowest BCUT2D eigenvalue weighted by Gasteiger charge is -2.41. The Bertz CT molecular complexity index is 501. The molecule has 0 bridgehead atoms. The van der Waals surface area contributed by atoms with Crippen LogP contribution in [0.1, 0.15) is 65.2 Å². The maximum atomic E-state index is 14.2. The number of halogens is 8. The van der Waals surface area contributed by atoms with Crippen LogP contribution in [0.25, 0.3) is 0 Å². The van der Waals surface area contributed by atoms with Gasteiger partial charge in [0, 0.05) is 6.42 Å². The van der Waals surface area contributed by atoms with Gasteiger partial charge >= 0.3 is 30.2 Å². The van der Waals surface area contributed by atoms with Gasteiger partial charge in [0.15, 0.2) is 0 Å². The molecule has 1 atom stereocenters. The molecule has 0 N–H and O–H groups in total. The molecule has 0 saturated heterocycles. The van der Waals surface area contributed by atoms with Gasteiger partial charge in [0.1, 0.15) is 0 Å². The second-order valence-corrected chi connectivity index (χ2v) is 7.22. The summed E-state index contributed by atoms with van der Waals surface area (Å²) in [5.74, 6) is -19.2. The number of carbonyl (C=O) groups is 1. The second kappa shape index (κ2) is 8.51. The molecule has 1 fully saturated rings. The van der Waals surface area contributed by atoms with Crippen molar-refractivity contribution in [1.82, 2.24) is 0 Å². The summed E-state index contributed by atoms with van der Waals surface area (Å²) in [6.07, 6.45) is -6.08. The lowest BCUT2D eigenvalue weighted by atomic mass is 9.69. The lowest BCUT2D eigenvalue weighted by Crippen LogP contribution is -2.59. The Labute approximate surface area is 152 Å². The number of alkyl halides is 8. The first-order valence-corrected chi connectivity index (χ1v) is 8.86. The fourth-order valence-electron chi connectivity index (χ4n) is 3.37. The van der Waals surface area contributed by atoms with Crippen molar-refractivity contribution in [1.29, 1.82) is 0 Å². The third-order valence-corrected chi connectivity index (χ3v) is 4.96. The maximum Gasteiger partial charge on any atom is 0.377 e. The predicted octanol–water partition coefficient (Wildman–Crippen LogP) is 6.23. The van der Waals surface area contributed by atoms with Crippen LogP contribution < -0.4 is 0 Å². The molecular weight excluding hydrogens is 388 g/mol. The Hall–Kier alpha value is -1.09. The van der Waals surface area contributed by atoms with Crippen LogP contribution >= 0.6 is 0 Å². The van der Waals surface area contributed by atoms with Crippen molar-refractivity contribution < 1.29 is 44.7 Å². The predicted molar refractivity (Wildman–Crippen MR) is 81.4 cm³/mol. The first-order valence-electron chi connectivity index (χ1n) is 8.86. The molecule has 1 aliphatic carbocycles. The molecule has 0 heterocycles. The molecule has 1 rings (SSSR count). The highest BCUT2D eigenvalue weighted by Crippen LogP contribution is 2.55. The topological polar surface area (TPSA) is 26.3 Å². The highest BCUT2D eigenvalue weighted by atomic mass is 19.4. The van der Waals surface area contributed by atoms with E-state index < -0.39 is 48.1 Å². The van der Waals surface area contributed by atoms with Gasteiger partial charge < -0.3 is 4.74 Å². The minimum Gasteiger partial charge on any atom is -0.462 e. The molecule has 10 heteroatoms. The molecule has 0 amide bonds. The fourth-order valence-corrected chi connectivity index (χ4v) is 3.37. The van der Waals surface area contributed by atoms with E-state index in [0.717, 1.165) is 0 Å². The molecule has 2 nitrogen and oxygen atoms in total. The van der Waals surface area contributed by atoms with Crippen LogP contribution in [0.5, 0.6) is 0 Å². The second-order valence-electron chi connectivity index (χ2n) is 7.22. The van der Waals surface area contributed by atoms with Gasteiger partial charge in [0.25, 0.3) is 0 Å². The molecule has 0 aliphatic heterocycles. The monoisotopic (exact) mass is 412 g/mol. The van der Waals surface area contributed by atoms with Crippen molar-refractivity contribution in [2.75, 3.05) is 0 Å². The zero-order valence-corrected chi connectivity index (χ0v) is 15.2. The molecule has 27 heavy (non-hydrogen) atoms. The van der Waals surface area contributed by atoms with Crippen LogP contribution in [0.4, 0.5) is 35.1 Å². The van der Waals surface area contributed by atoms with E-state index in [2.05, 4.69) is 0 Å². The van der Waals surface area contributed by atoms with Gasteiger partial charge in [-0.3, -0.25) is 4.79 Å². The lowest BCUT2D eigenvalue weighted by molar-refractivity contribution is -0.344. The van der Waals surface area contributed by atoms with E-state index in [1.165, 1.54) is 6.92 Å². The van der Waals surface area contributed by atoms with Gasteiger partial charge in [-0.2, -0.15) is 26.3 Å². The van der Waals surface area contributed by atoms with Gasteiger partial charge in [0.2, 0.25) is 0 Å². The molecule has 0 aromatic rings. The summed E-state index contributed by atoms with van der Waals surface area (Å²) in [6.45, 7) is 3.28. The SMILES string of the molecule is CCCC(C)OC(=O)C1(CC(F)(F)C(F)(F)C(F)(F)C(F)F)CCCCC1. The smallest absolute Gasteiger partial charge is 0.377 e. The Morgan fingerprint density at radius 1 is 1.04 bits per heavy atom. The normalized spacial score (nSPS) is 19.8. The molecule has 1 saturated carbocycles. The molecule has 1 unspecified atom stereocenters. The highest BCUT2D eigenvalue weighted by molar-refractivity contribution is 5.77. The molecule has 0 radical (unpaired) electrons. The molecule has 1 aliphatic rings. The van der Waals surface area contributed by atoms with Gasteiger partial charge in [-0.15, -0.1) is 0 Å².